The fourth-order valence-corrected chi connectivity index (χ4v) is 9.84. The summed E-state index contributed by atoms with van der Waals surface area (Å²) in [6.07, 6.45) is -8.37. The Morgan fingerprint density at radius 2 is 1.63 bits per heavy atom. The number of phosphoric acid groups is 3. The van der Waals surface area contributed by atoms with E-state index in [1.165, 1.54) is 13.8 Å². The quantitative estimate of drug-likeness (QED) is 0.0359. The number of imidazole rings is 1. The minimum Gasteiger partial charge on any atom is -0.462 e. The summed E-state index contributed by atoms with van der Waals surface area (Å²) in [6.45, 7) is 5.36. The van der Waals surface area contributed by atoms with Crippen LogP contribution in [-0.4, -0.2) is 150 Å². The molecule has 3 aromatic rings. The molecule has 8 unspecified atom stereocenters. The summed E-state index contributed by atoms with van der Waals surface area (Å²) in [5, 5.41) is 29.7. The van der Waals surface area contributed by atoms with E-state index >= 15 is 0 Å². The van der Waals surface area contributed by atoms with Crippen molar-refractivity contribution in [3.05, 3.63) is 24.0 Å². The van der Waals surface area contributed by atoms with E-state index < -0.39 is 115 Å². The van der Waals surface area contributed by atoms with Crippen molar-refractivity contribution in [1.82, 2.24) is 35.3 Å². The monoisotopic (exact) mass is 1070 g/mol. The number of phosphoric ester groups is 3. The van der Waals surface area contributed by atoms with Crippen LogP contribution in [0, 0.1) is 5.41 Å². The van der Waals surface area contributed by atoms with Gasteiger partial charge in [0.25, 0.3) is 5.88 Å². The number of nitrogens with one attached hydrogen (secondary N) is 2. The summed E-state index contributed by atoms with van der Waals surface area (Å²) in [6, 6.07) is -1.12. The zero-order valence-electron chi connectivity index (χ0n) is 36.7. The normalized spacial score (nSPS) is 20.9. The van der Waals surface area contributed by atoms with Gasteiger partial charge in [-0.1, -0.05) is 46.4 Å². The summed E-state index contributed by atoms with van der Waals surface area (Å²) in [4.78, 5) is 107. The number of hydrogen-bond donors (Lipinski definition) is 12. The Bertz CT molecular complexity index is 2460. The molecule has 14 N–H and O–H groups in total. The van der Waals surface area contributed by atoms with Gasteiger partial charge in [0.05, 0.1) is 31.1 Å². The molecule has 1 aliphatic heterocycles. The highest BCUT2D eigenvalue weighted by atomic mass is 32.2. The number of rotatable bonds is 25. The second-order valence-electron chi connectivity index (χ2n) is 16.5. The van der Waals surface area contributed by atoms with Crippen LogP contribution in [0.1, 0.15) is 58.6 Å². The van der Waals surface area contributed by atoms with Gasteiger partial charge in [0.2, 0.25) is 16.9 Å². The van der Waals surface area contributed by atoms with Gasteiger partial charge in [-0.2, -0.15) is 4.31 Å². The van der Waals surface area contributed by atoms with Crippen molar-refractivity contribution in [2.24, 2.45) is 11.1 Å². The molecule has 0 spiro atoms. The van der Waals surface area contributed by atoms with Crippen molar-refractivity contribution >= 4 is 76.7 Å². The first-order valence-electron chi connectivity index (χ1n) is 19.7. The number of carbonyl (C=O) groups is 3. The van der Waals surface area contributed by atoms with Crippen molar-refractivity contribution in [3.8, 4) is 5.88 Å². The third-order valence-electron chi connectivity index (χ3n) is 9.28. The van der Waals surface area contributed by atoms with Gasteiger partial charge in [-0.3, -0.25) is 37.1 Å². The van der Waals surface area contributed by atoms with Crippen LogP contribution in [0.2, 0.25) is 0 Å². The van der Waals surface area contributed by atoms with Gasteiger partial charge in [0, 0.05) is 42.5 Å². The van der Waals surface area contributed by atoms with Crippen LogP contribution in [0.5, 0.6) is 5.88 Å². The number of fused-ring (bicyclic) bond motifs is 1. The van der Waals surface area contributed by atoms with E-state index in [-0.39, 0.29) is 60.1 Å². The van der Waals surface area contributed by atoms with E-state index in [2.05, 4.69) is 39.6 Å². The van der Waals surface area contributed by atoms with E-state index in [4.69, 9.17) is 34.5 Å². The SMILES string of the molecule is CC(C)(C)c1onc(OCP(=O)(O)O)c1CC(N)C(=O)SCCNC(=O)CCNC(=O)C(O)C(C)(C)COP(=O)(O)OP(=O)(O)OCC1OC(n2cnc3c(N)ncnc32)C(O)C1OP(=O)(O)O. The molecule has 0 saturated carbocycles. The average molecular weight is 1070 g/mol. The molecule has 4 heterocycles. The van der Waals surface area contributed by atoms with Crippen LogP contribution < -0.4 is 26.8 Å². The molecule has 0 aliphatic carbocycles. The minimum atomic E-state index is -5.62. The zero-order valence-corrected chi connectivity index (χ0v) is 41.1. The van der Waals surface area contributed by atoms with Crippen molar-refractivity contribution in [1.29, 1.82) is 0 Å². The highest BCUT2D eigenvalue weighted by Crippen LogP contribution is 2.61. The smallest absolute Gasteiger partial charge is 0.462 e. The van der Waals surface area contributed by atoms with Crippen LogP contribution in [-0.2, 0) is 67.1 Å². The number of ether oxygens (including phenoxy) is 2. The molecule has 0 radical (unpaired) electrons. The number of nitrogen functional groups attached to an aromatic ring is 1. The summed E-state index contributed by atoms with van der Waals surface area (Å²) in [5.74, 6) is -1.51. The molecular weight excluding hydrogens is 1020 g/mol. The molecule has 0 aromatic carbocycles. The first-order valence-corrected chi connectivity index (χ1v) is 27.0. The molecule has 1 aliphatic rings. The summed E-state index contributed by atoms with van der Waals surface area (Å²) in [7, 11) is -21.1. The molecule has 8 atom stereocenters. The number of nitrogens with zero attached hydrogens (tertiary/aromatic N) is 5. The maximum absolute atomic E-state index is 12.8. The van der Waals surface area contributed by atoms with Gasteiger partial charge in [-0.05, 0) is 5.16 Å². The molecule has 0 bridgehead atoms. The third-order valence-corrected chi connectivity index (χ3v) is 13.8. The zero-order chi connectivity index (χ0) is 51.2. The molecule has 384 valence electrons. The topological polar surface area (TPSA) is 482 Å². The van der Waals surface area contributed by atoms with Crippen molar-refractivity contribution in [2.45, 2.75) is 89.6 Å². The van der Waals surface area contributed by atoms with Crippen LogP contribution >= 0.6 is 42.8 Å². The van der Waals surface area contributed by atoms with Crippen molar-refractivity contribution < 1.29 is 104 Å². The van der Waals surface area contributed by atoms with Crippen LogP contribution in [0.3, 0.4) is 0 Å². The first-order chi connectivity index (χ1) is 31.2. The number of carbonyl (C=O) groups excluding carboxylic acids is 3. The summed E-state index contributed by atoms with van der Waals surface area (Å²) in [5.41, 5.74) is 9.89. The summed E-state index contributed by atoms with van der Waals surface area (Å²) < 4.78 is 84.1. The molecule has 68 heavy (non-hydrogen) atoms. The standard InChI is InChI=1S/C32H53N9O22P4S/c1-31(2,3)24-16(28(40-61-24)57-15-64(47,48)49)10-17(33)30(46)68-9-8-35-19(42)6-7-36-27(45)23(44)32(4,5)12-59-67(55,56)63-66(53,54)58-11-18-22(62-65(50,51)52)21(43)29(60-18)41-14-39-20-25(34)37-13-38-26(20)41/h13-14,17-18,21-23,29,43-44H,6-12,15,33H2,1-5H3,(H,35,42)(H,36,45)(H,53,54)(H,55,56)(H2,34,37,38)(H2,47,48,49)(H2,50,51,52). The van der Waals surface area contributed by atoms with E-state index in [0.29, 0.717) is 5.76 Å². The number of hydrogen-bond acceptors (Lipinski definition) is 23. The number of aliphatic hydroxyl groups is 2. The lowest BCUT2D eigenvalue weighted by molar-refractivity contribution is -0.137. The van der Waals surface area contributed by atoms with Crippen LogP contribution in [0.15, 0.2) is 17.2 Å². The van der Waals surface area contributed by atoms with Gasteiger partial charge >= 0.3 is 31.1 Å². The predicted octanol–water partition coefficient (Wildman–Crippen LogP) is -0.966. The maximum atomic E-state index is 12.8. The molecule has 31 nitrogen and oxygen atoms in total. The Kier molecular flexibility index (Phi) is 19.2. The Morgan fingerprint density at radius 3 is 2.26 bits per heavy atom. The molecule has 1 fully saturated rings. The number of amides is 2. The number of nitrogens with two attached hydrogens (primary N) is 2. The number of anilines is 1. The Hall–Kier alpha value is -3.32. The van der Waals surface area contributed by atoms with Gasteiger partial charge in [-0.25, -0.2) is 28.6 Å². The molecule has 2 amide bonds. The van der Waals surface area contributed by atoms with Crippen LogP contribution in [0.25, 0.3) is 11.2 Å². The Labute approximate surface area is 390 Å². The number of thioether (sulfide) groups is 1. The second-order valence-corrected chi connectivity index (χ2v) is 23.5. The number of aromatic nitrogens is 5. The number of aliphatic hydroxyl groups excluding tert-OH is 2. The Morgan fingerprint density at radius 1 is 0.971 bits per heavy atom. The molecule has 4 rings (SSSR count). The lowest BCUT2D eigenvalue weighted by Crippen LogP contribution is -2.46. The van der Waals surface area contributed by atoms with Crippen LogP contribution in [0.4, 0.5) is 5.82 Å². The lowest BCUT2D eigenvalue weighted by Gasteiger charge is -2.30. The summed E-state index contributed by atoms with van der Waals surface area (Å²) >= 11 is 0.796. The van der Waals surface area contributed by atoms with Gasteiger partial charge in [-0.15, -0.1) is 0 Å². The van der Waals surface area contributed by atoms with Crippen molar-refractivity contribution in [3.63, 3.8) is 0 Å². The van der Waals surface area contributed by atoms with Crippen molar-refractivity contribution in [2.75, 3.05) is 44.1 Å². The largest absolute Gasteiger partial charge is 0.481 e. The second kappa shape index (κ2) is 22.8. The molecule has 3 aromatic heterocycles. The van der Waals surface area contributed by atoms with E-state index in [1.54, 1.807) is 20.8 Å². The molecular formula is C32H53N9O22P4S. The average Bonchev–Trinajstić information content (AvgIpc) is 3.91. The van der Waals surface area contributed by atoms with Gasteiger partial charge in [0.15, 0.2) is 24.0 Å². The molecule has 1 saturated heterocycles. The highest BCUT2D eigenvalue weighted by Gasteiger charge is 2.50. The highest BCUT2D eigenvalue weighted by molar-refractivity contribution is 8.13. The fraction of sp³-hybridized carbons (Fsp3) is 0.656. The maximum Gasteiger partial charge on any atom is 0.481 e. The first kappa shape index (κ1) is 57.3. The fourth-order valence-electron chi connectivity index (χ4n) is 6.01. The van der Waals surface area contributed by atoms with E-state index in [9.17, 15) is 72.2 Å². The predicted molar refractivity (Wildman–Crippen MR) is 232 cm³/mol. The van der Waals surface area contributed by atoms with E-state index in [1.807, 2.05) is 0 Å². The Balaban J connectivity index is 1.20. The third kappa shape index (κ3) is 16.6. The van der Waals surface area contributed by atoms with E-state index in [0.717, 1.165) is 29.0 Å². The molecule has 36 heteroatoms. The minimum absolute atomic E-state index is 0.00497. The van der Waals surface area contributed by atoms with Gasteiger partial charge < -0.3 is 75.7 Å². The van der Waals surface area contributed by atoms with Gasteiger partial charge in [0.1, 0.15) is 42.0 Å². The lowest BCUT2D eigenvalue weighted by atomic mass is 9.87.